The van der Waals surface area contributed by atoms with E-state index in [1.807, 2.05) is 6.92 Å². The summed E-state index contributed by atoms with van der Waals surface area (Å²) in [4.78, 5) is 13.9. The zero-order valence-electron chi connectivity index (χ0n) is 10.6. The molecule has 0 spiro atoms. The molecule has 0 atom stereocenters. The summed E-state index contributed by atoms with van der Waals surface area (Å²) in [6.45, 7) is 4.11. The number of aromatic nitrogens is 4. The van der Waals surface area contributed by atoms with Gasteiger partial charge in [-0.1, -0.05) is 0 Å². The van der Waals surface area contributed by atoms with Gasteiger partial charge < -0.3 is 4.90 Å². The molecular formula is C12H15N5O. The molecule has 0 saturated heterocycles. The third-order valence-corrected chi connectivity index (χ3v) is 2.65. The second kappa shape index (κ2) is 4.95. The highest BCUT2D eigenvalue weighted by molar-refractivity contribution is 5.95. The summed E-state index contributed by atoms with van der Waals surface area (Å²) in [5.41, 5.74) is 2.93. The van der Waals surface area contributed by atoms with E-state index in [4.69, 9.17) is 0 Å². The normalized spacial score (nSPS) is 10.4. The molecule has 2 rings (SSSR count). The number of carbonyl (C=O) groups is 1. The van der Waals surface area contributed by atoms with E-state index in [2.05, 4.69) is 20.4 Å². The molecule has 2 aromatic rings. The number of hydrogen-bond donors (Lipinski definition) is 1. The van der Waals surface area contributed by atoms with E-state index in [0.29, 0.717) is 17.8 Å². The first-order chi connectivity index (χ1) is 8.58. The Morgan fingerprint density at radius 2 is 2.17 bits per heavy atom. The van der Waals surface area contributed by atoms with Crippen LogP contribution in [0.5, 0.6) is 0 Å². The largest absolute Gasteiger partial charge is 0.337 e. The number of rotatable bonds is 3. The zero-order chi connectivity index (χ0) is 13.1. The summed E-state index contributed by atoms with van der Waals surface area (Å²) in [5.74, 6) is -0.0632. The Bertz CT molecular complexity index is 550. The van der Waals surface area contributed by atoms with Crippen molar-refractivity contribution in [2.24, 2.45) is 0 Å². The van der Waals surface area contributed by atoms with Gasteiger partial charge >= 0.3 is 0 Å². The van der Waals surface area contributed by atoms with Crippen LogP contribution in [0.3, 0.4) is 0 Å². The Hall–Kier alpha value is -2.24. The van der Waals surface area contributed by atoms with Gasteiger partial charge in [0.15, 0.2) is 0 Å². The zero-order valence-corrected chi connectivity index (χ0v) is 10.6. The number of nitrogens with zero attached hydrogens (tertiary/aromatic N) is 4. The SMILES string of the molecule is Cc1cc(C(=O)N(C)Cc2cn[nH]c2)c(C)nn1. The van der Waals surface area contributed by atoms with Crippen LogP contribution in [0, 0.1) is 13.8 Å². The molecule has 2 heterocycles. The van der Waals surface area contributed by atoms with Crippen LogP contribution >= 0.6 is 0 Å². The minimum absolute atomic E-state index is 0.0632. The van der Waals surface area contributed by atoms with E-state index in [1.165, 1.54) is 0 Å². The van der Waals surface area contributed by atoms with Gasteiger partial charge in [-0.05, 0) is 19.9 Å². The predicted octanol–water partition coefficient (Wildman–Crippen LogP) is 1.09. The first kappa shape index (κ1) is 12.2. The van der Waals surface area contributed by atoms with Crippen molar-refractivity contribution in [3.63, 3.8) is 0 Å². The quantitative estimate of drug-likeness (QED) is 0.878. The number of H-pyrrole nitrogens is 1. The summed E-state index contributed by atoms with van der Waals surface area (Å²) in [5, 5.41) is 14.5. The topological polar surface area (TPSA) is 74.8 Å². The highest BCUT2D eigenvalue weighted by atomic mass is 16.2. The predicted molar refractivity (Wildman–Crippen MR) is 65.9 cm³/mol. The van der Waals surface area contributed by atoms with Crippen molar-refractivity contribution in [1.82, 2.24) is 25.3 Å². The number of carbonyl (C=O) groups excluding carboxylic acids is 1. The van der Waals surface area contributed by atoms with E-state index in [9.17, 15) is 4.79 Å². The molecule has 18 heavy (non-hydrogen) atoms. The lowest BCUT2D eigenvalue weighted by Crippen LogP contribution is -2.27. The second-order valence-corrected chi connectivity index (χ2v) is 4.25. The van der Waals surface area contributed by atoms with Gasteiger partial charge in [0.1, 0.15) is 0 Å². The lowest BCUT2D eigenvalue weighted by Gasteiger charge is -2.17. The molecule has 1 N–H and O–H groups in total. The van der Waals surface area contributed by atoms with Gasteiger partial charge in [0.2, 0.25) is 0 Å². The number of hydrogen-bond acceptors (Lipinski definition) is 4. The first-order valence-electron chi connectivity index (χ1n) is 5.62. The van der Waals surface area contributed by atoms with Crippen LogP contribution < -0.4 is 0 Å². The minimum atomic E-state index is -0.0632. The average molecular weight is 245 g/mol. The lowest BCUT2D eigenvalue weighted by molar-refractivity contribution is 0.0783. The number of nitrogens with one attached hydrogen (secondary N) is 1. The Kier molecular flexibility index (Phi) is 3.36. The van der Waals surface area contributed by atoms with E-state index in [-0.39, 0.29) is 5.91 Å². The van der Waals surface area contributed by atoms with Crippen molar-refractivity contribution in [2.75, 3.05) is 7.05 Å². The fourth-order valence-corrected chi connectivity index (χ4v) is 1.68. The van der Waals surface area contributed by atoms with Gasteiger partial charge in [0.05, 0.1) is 23.1 Å². The molecule has 0 saturated carbocycles. The third kappa shape index (κ3) is 2.53. The van der Waals surface area contributed by atoms with Crippen LogP contribution in [-0.4, -0.2) is 38.2 Å². The average Bonchev–Trinajstić information content (AvgIpc) is 2.84. The maximum atomic E-state index is 12.3. The maximum absolute atomic E-state index is 12.3. The van der Waals surface area contributed by atoms with E-state index in [1.54, 1.807) is 37.3 Å². The molecule has 0 bridgehead atoms. The summed E-state index contributed by atoms with van der Waals surface area (Å²) >= 11 is 0. The van der Waals surface area contributed by atoms with Gasteiger partial charge in [0, 0.05) is 25.4 Å². The van der Waals surface area contributed by atoms with E-state index in [0.717, 1.165) is 11.3 Å². The van der Waals surface area contributed by atoms with Crippen molar-refractivity contribution in [3.05, 3.63) is 41.0 Å². The third-order valence-electron chi connectivity index (χ3n) is 2.65. The molecule has 2 aromatic heterocycles. The molecule has 0 fully saturated rings. The molecule has 0 aliphatic carbocycles. The van der Waals surface area contributed by atoms with Crippen LogP contribution in [0.1, 0.15) is 27.3 Å². The van der Waals surface area contributed by atoms with Crippen molar-refractivity contribution >= 4 is 5.91 Å². The van der Waals surface area contributed by atoms with Crippen LogP contribution in [0.2, 0.25) is 0 Å². The molecular weight excluding hydrogens is 230 g/mol. The highest BCUT2D eigenvalue weighted by Gasteiger charge is 2.16. The first-order valence-corrected chi connectivity index (χ1v) is 5.62. The van der Waals surface area contributed by atoms with Gasteiger partial charge in [-0.3, -0.25) is 9.89 Å². The lowest BCUT2D eigenvalue weighted by atomic mass is 10.1. The smallest absolute Gasteiger partial charge is 0.255 e. The molecule has 94 valence electrons. The standard InChI is InChI=1S/C12H15N5O/c1-8-4-11(9(2)16-15-8)12(18)17(3)7-10-5-13-14-6-10/h4-6H,7H2,1-3H3,(H,13,14). The molecule has 0 radical (unpaired) electrons. The van der Waals surface area contributed by atoms with Gasteiger partial charge in [0.25, 0.3) is 5.91 Å². The number of aryl methyl sites for hydroxylation is 2. The van der Waals surface area contributed by atoms with Crippen LogP contribution in [0.15, 0.2) is 18.5 Å². The second-order valence-electron chi connectivity index (χ2n) is 4.25. The Morgan fingerprint density at radius 1 is 1.39 bits per heavy atom. The Morgan fingerprint density at radius 3 is 2.83 bits per heavy atom. The van der Waals surface area contributed by atoms with Crippen molar-refractivity contribution in [1.29, 1.82) is 0 Å². The van der Waals surface area contributed by atoms with Crippen molar-refractivity contribution < 1.29 is 4.79 Å². The van der Waals surface area contributed by atoms with Gasteiger partial charge in [-0.15, -0.1) is 0 Å². The molecule has 0 aromatic carbocycles. The Labute approximate surface area is 105 Å². The fraction of sp³-hybridized carbons (Fsp3) is 0.333. The van der Waals surface area contributed by atoms with Crippen LogP contribution in [0.25, 0.3) is 0 Å². The molecule has 0 aliphatic heterocycles. The van der Waals surface area contributed by atoms with E-state index < -0.39 is 0 Å². The van der Waals surface area contributed by atoms with Crippen molar-refractivity contribution in [3.8, 4) is 0 Å². The molecule has 6 nitrogen and oxygen atoms in total. The summed E-state index contributed by atoms with van der Waals surface area (Å²) in [6, 6.07) is 1.76. The molecule has 0 unspecified atom stereocenters. The van der Waals surface area contributed by atoms with E-state index >= 15 is 0 Å². The van der Waals surface area contributed by atoms with Crippen LogP contribution in [-0.2, 0) is 6.54 Å². The summed E-state index contributed by atoms with van der Waals surface area (Å²) < 4.78 is 0. The molecule has 1 amide bonds. The monoisotopic (exact) mass is 245 g/mol. The van der Waals surface area contributed by atoms with Gasteiger partial charge in [-0.25, -0.2) is 0 Å². The minimum Gasteiger partial charge on any atom is -0.337 e. The summed E-state index contributed by atoms with van der Waals surface area (Å²) in [6.07, 6.45) is 3.47. The summed E-state index contributed by atoms with van der Waals surface area (Å²) in [7, 11) is 1.75. The van der Waals surface area contributed by atoms with Crippen molar-refractivity contribution in [2.45, 2.75) is 20.4 Å². The van der Waals surface area contributed by atoms with Gasteiger partial charge in [-0.2, -0.15) is 15.3 Å². The molecule has 0 aliphatic rings. The highest BCUT2D eigenvalue weighted by Crippen LogP contribution is 2.10. The number of aromatic amines is 1. The molecule has 6 heteroatoms. The van der Waals surface area contributed by atoms with Crippen LogP contribution in [0.4, 0.5) is 0 Å². The fourth-order valence-electron chi connectivity index (χ4n) is 1.68. The Balaban J connectivity index is 2.17. The number of amides is 1. The maximum Gasteiger partial charge on any atom is 0.255 e.